The average Bonchev–Trinajstić information content (AvgIpc) is 2.75. The Kier molecular flexibility index (Phi) is 2.87. The fourth-order valence-electron chi connectivity index (χ4n) is 3.00. The first-order chi connectivity index (χ1) is 8.25. The summed E-state index contributed by atoms with van der Waals surface area (Å²) in [4.78, 5) is 0. The molecule has 0 saturated heterocycles. The first-order valence-electron chi connectivity index (χ1n) is 6.51. The zero-order valence-corrected chi connectivity index (χ0v) is 11.0. The Labute approximate surface area is 107 Å². The molecule has 1 aliphatic carbocycles. The van der Waals surface area contributed by atoms with E-state index in [2.05, 4.69) is 29.8 Å². The van der Waals surface area contributed by atoms with Gasteiger partial charge >= 0.3 is 0 Å². The Morgan fingerprint density at radius 1 is 1.12 bits per heavy atom. The fourth-order valence-corrected chi connectivity index (χ4v) is 3.28. The van der Waals surface area contributed by atoms with E-state index in [0.717, 1.165) is 10.9 Å². The van der Waals surface area contributed by atoms with E-state index in [9.17, 15) is 0 Å². The molecule has 0 spiro atoms. The van der Waals surface area contributed by atoms with Gasteiger partial charge in [-0.05, 0) is 43.7 Å². The molecule has 1 aliphatic rings. The second kappa shape index (κ2) is 4.38. The maximum absolute atomic E-state index is 6.33. The Bertz CT molecular complexity index is 521. The van der Waals surface area contributed by atoms with Crippen molar-refractivity contribution in [3.63, 3.8) is 0 Å². The second-order valence-corrected chi connectivity index (χ2v) is 5.72. The van der Waals surface area contributed by atoms with Crippen molar-refractivity contribution >= 4 is 22.5 Å². The highest BCUT2D eigenvalue weighted by Crippen LogP contribution is 2.36. The summed E-state index contributed by atoms with van der Waals surface area (Å²) in [5.41, 5.74) is 1.22. The van der Waals surface area contributed by atoms with Crippen LogP contribution in [0.5, 0.6) is 0 Å². The predicted octanol–water partition coefficient (Wildman–Crippen LogP) is 5.05. The molecule has 90 valence electrons. The monoisotopic (exact) mass is 247 g/mol. The Balaban J connectivity index is 2.00. The van der Waals surface area contributed by atoms with Crippen LogP contribution in [0.4, 0.5) is 0 Å². The van der Waals surface area contributed by atoms with Gasteiger partial charge in [0, 0.05) is 17.6 Å². The van der Waals surface area contributed by atoms with Gasteiger partial charge in [-0.15, -0.1) is 0 Å². The third-order valence-electron chi connectivity index (χ3n) is 4.07. The minimum Gasteiger partial charge on any atom is -0.343 e. The number of nitrogens with zero attached hydrogens (tertiary/aromatic N) is 1. The largest absolute Gasteiger partial charge is 0.343 e. The minimum absolute atomic E-state index is 0.642. The lowest BCUT2D eigenvalue weighted by molar-refractivity contribution is 0.294. The molecule has 1 fully saturated rings. The molecule has 3 rings (SSSR count). The normalized spacial score (nSPS) is 25.3. The van der Waals surface area contributed by atoms with Crippen molar-refractivity contribution in [2.75, 3.05) is 0 Å². The van der Waals surface area contributed by atoms with Gasteiger partial charge in [0.25, 0.3) is 0 Å². The number of hydrogen-bond acceptors (Lipinski definition) is 0. The molecule has 0 aliphatic heterocycles. The van der Waals surface area contributed by atoms with Crippen LogP contribution < -0.4 is 0 Å². The number of para-hydroxylation sites is 1. The van der Waals surface area contributed by atoms with E-state index >= 15 is 0 Å². The fraction of sp³-hybridized carbons (Fsp3) is 0.467. The molecule has 1 aromatic heterocycles. The topological polar surface area (TPSA) is 4.93 Å². The lowest BCUT2D eigenvalue weighted by Crippen LogP contribution is -2.16. The highest BCUT2D eigenvalue weighted by atomic mass is 35.5. The first kappa shape index (κ1) is 11.2. The van der Waals surface area contributed by atoms with Crippen molar-refractivity contribution in [3.8, 4) is 0 Å². The number of rotatable bonds is 1. The Morgan fingerprint density at radius 3 is 2.65 bits per heavy atom. The van der Waals surface area contributed by atoms with Crippen LogP contribution in [0, 0.1) is 5.92 Å². The van der Waals surface area contributed by atoms with Crippen LogP contribution in [0.3, 0.4) is 0 Å². The highest BCUT2D eigenvalue weighted by Gasteiger charge is 2.21. The van der Waals surface area contributed by atoms with E-state index in [-0.39, 0.29) is 0 Å². The van der Waals surface area contributed by atoms with Crippen LogP contribution in [0.15, 0.2) is 30.5 Å². The molecular weight excluding hydrogens is 230 g/mol. The number of fused-ring (bicyclic) bond motifs is 1. The molecule has 2 aromatic rings. The van der Waals surface area contributed by atoms with Crippen LogP contribution in [0.2, 0.25) is 5.02 Å². The molecule has 1 nitrogen and oxygen atoms in total. The van der Waals surface area contributed by atoms with Crippen LogP contribution in [-0.2, 0) is 0 Å². The molecular formula is C15H18ClN. The molecule has 0 unspecified atom stereocenters. The van der Waals surface area contributed by atoms with Gasteiger partial charge in [-0.1, -0.05) is 30.7 Å². The van der Waals surface area contributed by atoms with Crippen molar-refractivity contribution in [2.24, 2.45) is 5.92 Å². The quantitative estimate of drug-likeness (QED) is 0.665. The summed E-state index contributed by atoms with van der Waals surface area (Å²) in [6.45, 7) is 2.36. The number of hydrogen-bond donors (Lipinski definition) is 0. The zero-order valence-electron chi connectivity index (χ0n) is 10.2. The van der Waals surface area contributed by atoms with Crippen LogP contribution >= 0.6 is 11.6 Å². The molecule has 1 aromatic carbocycles. The van der Waals surface area contributed by atoms with Gasteiger partial charge in [0.05, 0.1) is 10.5 Å². The summed E-state index contributed by atoms with van der Waals surface area (Å²) in [5.74, 6) is 0.892. The number of halogens is 1. The van der Waals surface area contributed by atoms with E-state index < -0.39 is 0 Å². The van der Waals surface area contributed by atoms with Gasteiger partial charge in [0.15, 0.2) is 0 Å². The summed E-state index contributed by atoms with van der Waals surface area (Å²) < 4.78 is 2.39. The lowest BCUT2D eigenvalue weighted by atomic mass is 9.87. The molecule has 0 bridgehead atoms. The third kappa shape index (κ3) is 1.97. The van der Waals surface area contributed by atoms with Crippen LogP contribution in [-0.4, -0.2) is 4.57 Å². The van der Waals surface area contributed by atoms with E-state index in [1.807, 2.05) is 12.1 Å². The summed E-state index contributed by atoms with van der Waals surface area (Å²) in [7, 11) is 0. The first-order valence-corrected chi connectivity index (χ1v) is 6.88. The minimum atomic E-state index is 0.642. The van der Waals surface area contributed by atoms with Crippen molar-refractivity contribution < 1.29 is 0 Å². The maximum atomic E-state index is 6.33. The van der Waals surface area contributed by atoms with Gasteiger partial charge in [-0.2, -0.15) is 0 Å². The molecule has 2 heteroatoms. The van der Waals surface area contributed by atoms with Gasteiger partial charge < -0.3 is 4.57 Å². The molecule has 0 atom stereocenters. The van der Waals surface area contributed by atoms with Crippen LogP contribution in [0.25, 0.3) is 10.9 Å². The van der Waals surface area contributed by atoms with E-state index in [4.69, 9.17) is 11.6 Å². The van der Waals surface area contributed by atoms with Crippen molar-refractivity contribution in [1.29, 1.82) is 0 Å². The van der Waals surface area contributed by atoms with Crippen molar-refractivity contribution in [3.05, 3.63) is 35.5 Å². The van der Waals surface area contributed by atoms with Gasteiger partial charge in [0.1, 0.15) is 0 Å². The SMILES string of the molecule is CC1CCC(n2ccc3cccc(Cl)c32)CC1. The summed E-state index contributed by atoms with van der Waals surface area (Å²) in [5, 5.41) is 2.14. The van der Waals surface area contributed by atoms with Gasteiger partial charge in [-0.25, -0.2) is 0 Å². The van der Waals surface area contributed by atoms with Crippen molar-refractivity contribution in [1.82, 2.24) is 4.57 Å². The van der Waals surface area contributed by atoms with E-state index in [1.54, 1.807) is 0 Å². The summed E-state index contributed by atoms with van der Waals surface area (Å²) in [6.07, 6.45) is 7.47. The smallest absolute Gasteiger partial charge is 0.0672 e. The average molecular weight is 248 g/mol. The molecule has 1 heterocycles. The van der Waals surface area contributed by atoms with E-state index in [1.165, 1.54) is 36.6 Å². The Hall–Kier alpha value is -0.950. The predicted molar refractivity (Wildman–Crippen MR) is 73.6 cm³/mol. The molecule has 1 saturated carbocycles. The molecule has 0 radical (unpaired) electrons. The number of benzene rings is 1. The second-order valence-electron chi connectivity index (χ2n) is 5.31. The third-order valence-corrected chi connectivity index (χ3v) is 4.37. The summed E-state index contributed by atoms with van der Waals surface area (Å²) >= 11 is 6.33. The number of aromatic nitrogens is 1. The van der Waals surface area contributed by atoms with Crippen LogP contribution in [0.1, 0.15) is 38.6 Å². The summed E-state index contributed by atoms with van der Waals surface area (Å²) in [6, 6.07) is 8.98. The van der Waals surface area contributed by atoms with Crippen molar-refractivity contribution in [2.45, 2.75) is 38.6 Å². The van der Waals surface area contributed by atoms with E-state index in [0.29, 0.717) is 6.04 Å². The maximum Gasteiger partial charge on any atom is 0.0672 e. The molecule has 0 amide bonds. The lowest BCUT2D eigenvalue weighted by Gasteiger charge is -2.28. The molecule has 17 heavy (non-hydrogen) atoms. The standard InChI is InChI=1S/C15H18ClN/c1-11-5-7-13(8-6-11)17-10-9-12-3-2-4-14(16)15(12)17/h2-4,9-11,13H,5-8H2,1H3. The van der Waals surface area contributed by atoms with Gasteiger partial charge in [0.2, 0.25) is 0 Å². The highest BCUT2D eigenvalue weighted by molar-refractivity contribution is 6.35. The van der Waals surface area contributed by atoms with Gasteiger partial charge in [-0.3, -0.25) is 0 Å². The molecule has 0 N–H and O–H groups in total. The Morgan fingerprint density at radius 2 is 1.88 bits per heavy atom. The zero-order chi connectivity index (χ0) is 11.8.